The summed E-state index contributed by atoms with van der Waals surface area (Å²) in [5.41, 5.74) is 0.566. The Morgan fingerprint density at radius 2 is 1.67 bits per heavy atom. The number of aryl methyl sites for hydroxylation is 1. The highest BCUT2D eigenvalue weighted by molar-refractivity contribution is 6.08. The van der Waals surface area contributed by atoms with Crippen molar-refractivity contribution >= 4 is 40.8 Å². The fraction of sp³-hybridized carbons (Fsp3) is 0.167. The Morgan fingerprint density at radius 1 is 0.944 bits per heavy atom. The van der Waals surface area contributed by atoms with Gasteiger partial charge in [0.25, 0.3) is 5.91 Å². The van der Waals surface area contributed by atoms with Crippen LogP contribution in [0, 0.1) is 17.5 Å². The SMILES string of the molecule is CCNC(=O)Nc1cc(Nc2ccc(F)c(F)c2F)c(C(=O)Nc2ccc(CCC(=O)O)cc2)cn1. The van der Waals surface area contributed by atoms with Gasteiger partial charge in [-0.15, -0.1) is 0 Å². The number of halogens is 3. The van der Waals surface area contributed by atoms with Crippen LogP contribution in [-0.2, 0) is 11.2 Å². The second kappa shape index (κ2) is 11.7. The lowest BCUT2D eigenvalue weighted by atomic mass is 10.1. The van der Waals surface area contributed by atoms with Crippen molar-refractivity contribution in [1.82, 2.24) is 10.3 Å². The Labute approximate surface area is 203 Å². The van der Waals surface area contributed by atoms with Gasteiger partial charge >= 0.3 is 12.0 Å². The standard InChI is InChI=1S/C24H22F3N5O4/c1-2-28-24(36)32-19-11-18(31-17-9-8-16(25)21(26)22(17)27)15(12-29-19)23(35)30-14-6-3-13(4-7-14)5-10-20(33)34/h3-4,6-9,11-12H,2,5,10H2,1H3,(H,30,35)(H,33,34)(H3,28,29,31,32,36). The van der Waals surface area contributed by atoms with E-state index in [1.54, 1.807) is 31.2 Å². The summed E-state index contributed by atoms with van der Waals surface area (Å²) < 4.78 is 41.4. The smallest absolute Gasteiger partial charge is 0.320 e. The topological polar surface area (TPSA) is 132 Å². The van der Waals surface area contributed by atoms with Crippen molar-refractivity contribution in [3.05, 3.63) is 77.2 Å². The van der Waals surface area contributed by atoms with Gasteiger partial charge in [-0.2, -0.15) is 0 Å². The molecule has 0 bridgehead atoms. The van der Waals surface area contributed by atoms with E-state index in [0.717, 1.165) is 23.9 Å². The average Bonchev–Trinajstić information content (AvgIpc) is 2.84. The van der Waals surface area contributed by atoms with Gasteiger partial charge < -0.3 is 21.1 Å². The van der Waals surface area contributed by atoms with E-state index in [-0.39, 0.29) is 23.5 Å². The van der Waals surface area contributed by atoms with E-state index in [2.05, 4.69) is 26.3 Å². The maximum absolute atomic E-state index is 14.3. The molecule has 0 atom stereocenters. The number of carbonyl (C=O) groups is 3. The maximum Gasteiger partial charge on any atom is 0.320 e. The summed E-state index contributed by atoms with van der Waals surface area (Å²) in [6, 6.07) is 8.82. The summed E-state index contributed by atoms with van der Waals surface area (Å²) in [6.45, 7) is 2.05. The lowest BCUT2D eigenvalue weighted by molar-refractivity contribution is -0.136. The number of anilines is 4. The largest absolute Gasteiger partial charge is 0.481 e. The third-order valence-corrected chi connectivity index (χ3v) is 4.87. The number of carboxylic acids is 1. The van der Waals surface area contributed by atoms with Crippen LogP contribution < -0.4 is 21.3 Å². The second-order valence-corrected chi connectivity index (χ2v) is 7.49. The van der Waals surface area contributed by atoms with Crippen molar-refractivity contribution in [2.75, 3.05) is 22.5 Å². The Morgan fingerprint density at radius 3 is 2.33 bits per heavy atom. The van der Waals surface area contributed by atoms with Crippen molar-refractivity contribution in [3.63, 3.8) is 0 Å². The van der Waals surface area contributed by atoms with E-state index in [1.165, 1.54) is 6.07 Å². The number of hydrogen-bond donors (Lipinski definition) is 5. The minimum absolute atomic E-state index is 0.00535. The van der Waals surface area contributed by atoms with Crippen LogP contribution in [0.25, 0.3) is 0 Å². The highest BCUT2D eigenvalue weighted by Crippen LogP contribution is 2.28. The highest BCUT2D eigenvalue weighted by atomic mass is 19.2. The molecule has 5 N–H and O–H groups in total. The average molecular weight is 501 g/mol. The summed E-state index contributed by atoms with van der Waals surface area (Å²) in [5.74, 6) is -6.16. The second-order valence-electron chi connectivity index (χ2n) is 7.49. The van der Waals surface area contributed by atoms with Crippen molar-refractivity contribution in [2.45, 2.75) is 19.8 Å². The first-order valence-corrected chi connectivity index (χ1v) is 10.8. The summed E-state index contributed by atoms with van der Waals surface area (Å²) in [4.78, 5) is 39.6. The normalized spacial score (nSPS) is 10.4. The molecule has 3 rings (SSSR count). The lowest BCUT2D eigenvalue weighted by Gasteiger charge is -2.15. The number of nitrogens with one attached hydrogen (secondary N) is 4. The monoisotopic (exact) mass is 501 g/mol. The zero-order valence-corrected chi connectivity index (χ0v) is 19.0. The number of aromatic nitrogens is 1. The number of aliphatic carboxylic acids is 1. The molecule has 0 radical (unpaired) electrons. The Hall–Kier alpha value is -4.61. The van der Waals surface area contributed by atoms with E-state index in [4.69, 9.17) is 5.11 Å². The molecule has 1 heterocycles. The first-order chi connectivity index (χ1) is 17.2. The molecule has 3 aromatic rings. The summed E-state index contributed by atoms with van der Waals surface area (Å²) in [7, 11) is 0. The first kappa shape index (κ1) is 26.0. The quantitative estimate of drug-likeness (QED) is 0.271. The fourth-order valence-electron chi connectivity index (χ4n) is 3.10. The van der Waals surface area contributed by atoms with Crippen LogP contribution in [0.15, 0.2) is 48.7 Å². The molecule has 9 nitrogen and oxygen atoms in total. The van der Waals surface area contributed by atoms with Gasteiger partial charge in [0.05, 0.1) is 16.9 Å². The molecule has 0 saturated heterocycles. The number of amides is 3. The highest BCUT2D eigenvalue weighted by Gasteiger charge is 2.19. The Kier molecular flexibility index (Phi) is 8.44. The van der Waals surface area contributed by atoms with Crippen molar-refractivity contribution in [1.29, 1.82) is 0 Å². The van der Waals surface area contributed by atoms with Crippen molar-refractivity contribution < 1.29 is 32.7 Å². The van der Waals surface area contributed by atoms with Crippen LogP contribution in [0.5, 0.6) is 0 Å². The van der Waals surface area contributed by atoms with Gasteiger partial charge in [0.15, 0.2) is 17.5 Å². The van der Waals surface area contributed by atoms with E-state index in [1.807, 2.05) is 0 Å². The predicted molar refractivity (Wildman–Crippen MR) is 127 cm³/mol. The molecular formula is C24H22F3N5O4. The van der Waals surface area contributed by atoms with Gasteiger partial charge in [-0.1, -0.05) is 12.1 Å². The minimum atomic E-state index is -1.69. The lowest BCUT2D eigenvalue weighted by Crippen LogP contribution is -2.28. The van der Waals surface area contributed by atoms with Gasteiger partial charge in [0.1, 0.15) is 5.82 Å². The van der Waals surface area contributed by atoms with E-state index in [9.17, 15) is 27.6 Å². The molecule has 36 heavy (non-hydrogen) atoms. The Bertz CT molecular complexity index is 1290. The molecule has 0 aliphatic carbocycles. The summed E-state index contributed by atoms with van der Waals surface area (Å²) >= 11 is 0. The molecule has 0 fully saturated rings. The molecule has 0 spiro atoms. The van der Waals surface area contributed by atoms with Crippen LogP contribution in [0.2, 0.25) is 0 Å². The summed E-state index contributed by atoms with van der Waals surface area (Å²) in [6.07, 6.45) is 1.41. The number of pyridine rings is 1. The van der Waals surface area contributed by atoms with Crippen LogP contribution in [0.3, 0.4) is 0 Å². The van der Waals surface area contributed by atoms with Gasteiger partial charge in [0, 0.05) is 30.9 Å². The third kappa shape index (κ3) is 6.72. The molecule has 1 aromatic heterocycles. The Balaban J connectivity index is 1.88. The molecule has 3 amide bonds. The number of hydrogen-bond acceptors (Lipinski definition) is 5. The predicted octanol–water partition coefficient (Wildman–Crippen LogP) is 4.65. The number of benzene rings is 2. The fourth-order valence-corrected chi connectivity index (χ4v) is 3.10. The zero-order valence-electron chi connectivity index (χ0n) is 19.0. The van der Waals surface area contributed by atoms with Crippen LogP contribution in [0.4, 0.5) is 40.8 Å². The van der Waals surface area contributed by atoms with E-state index < -0.39 is 41.0 Å². The van der Waals surface area contributed by atoms with Crippen LogP contribution >= 0.6 is 0 Å². The number of rotatable bonds is 9. The van der Waals surface area contributed by atoms with Crippen LogP contribution in [-0.4, -0.2) is 34.5 Å². The van der Waals surface area contributed by atoms with Crippen molar-refractivity contribution in [2.24, 2.45) is 0 Å². The molecule has 0 saturated carbocycles. The van der Waals surface area contributed by atoms with Gasteiger partial charge in [0.2, 0.25) is 0 Å². The summed E-state index contributed by atoms with van der Waals surface area (Å²) in [5, 5.41) is 18.9. The van der Waals surface area contributed by atoms with E-state index >= 15 is 0 Å². The van der Waals surface area contributed by atoms with Crippen molar-refractivity contribution in [3.8, 4) is 0 Å². The molecule has 0 aliphatic heterocycles. The zero-order chi connectivity index (χ0) is 26.2. The van der Waals surface area contributed by atoms with E-state index in [0.29, 0.717) is 18.7 Å². The van der Waals surface area contributed by atoms with Crippen LogP contribution in [0.1, 0.15) is 29.3 Å². The number of carboxylic acid groups (broad SMARTS) is 1. The molecule has 12 heteroatoms. The van der Waals surface area contributed by atoms with Gasteiger partial charge in [-0.25, -0.2) is 22.9 Å². The molecule has 188 valence electrons. The molecule has 0 aliphatic rings. The van der Waals surface area contributed by atoms with Gasteiger partial charge in [-0.05, 0) is 43.2 Å². The molecule has 0 unspecified atom stereocenters. The minimum Gasteiger partial charge on any atom is -0.481 e. The maximum atomic E-state index is 14.3. The van der Waals surface area contributed by atoms with Gasteiger partial charge in [-0.3, -0.25) is 14.9 Å². The molecular weight excluding hydrogens is 479 g/mol. The first-order valence-electron chi connectivity index (χ1n) is 10.8. The number of carbonyl (C=O) groups excluding carboxylic acids is 2. The number of nitrogens with zero attached hydrogens (tertiary/aromatic N) is 1. The molecule has 2 aromatic carbocycles. The number of urea groups is 1. The third-order valence-electron chi connectivity index (χ3n) is 4.87.